The molecule has 1 aromatic rings. The largest absolute Gasteiger partial charge is 0.496 e. The summed E-state index contributed by atoms with van der Waals surface area (Å²) in [6.45, 7) is 8.02. The summed E-state index contributed by atoms with van der Waals surface area (Å²) in [4.78, 5) is 0. The van der Waals surface area contributed by atoms with Gasteiger partial charge in [0.05, 0.1) is 22.8 Å². The molecule has 110 valence electrons. The van der Waals surface area contributed by atoms with Gasteiger partial charge in [0.2, 0.25) is 0 Å². The molecule has 1 aliphatic carbocycles. The van der Waals surface area contributed by atoms with Gasteiger partial charge in [0.15, 0.2) is 0 Å². The molecule has 1 heterocycles. The molecule has 0 bridgehead atoms. The van der Waals surface area contributed by atoms with E-state index in [1.807, 2.05) is 33.8 Å². The lowest BCUT2D eigenvalue weighted by molar-refractivity contribution is 0.00578. The van der Waals surface area contributed by atoms with Crippen LogP contribution in [-0.2, 0) is 9.31 Å². The molecule has 2 aliphatic rings. The van der Waals surface area contributed by atoms with Gasteiger partial charge in [0, 0.05) is 10.5 Å². The zero-order chi connectivity index (χ0) is 15.4. The zero-order valence-corrected chi connectivity index (χ0v) is 13.6. The Labute approximate surface area is 131 Å². The molecule has 0 radical (unpaired) electrons. The monoisotopic (exact) mass is 303 g/mol. The number of hydrogen-bond acceptors (Lipinski definition) is 3. The average Bonchev–Trinajstić information content (AvgIpc) is 3.17. The van der Waals surface area contributed by atoms with Crippen LogP contribution < -0.4 is 5.46 Å². The molecule has 5 heteroatoms. The number of benzene rings is 1. The first kappa shape index (κ1) is 14.9. The fraction of sp³-hybridized carbons (Fsp3) is 0.562. The summed E-state index contributed by atoms with van der Waals surface area (Å²) in [6, 6.07) is 6.03. The highest BCUT2D eigenvalue weighted by molar-refractivity contribution is 6.63. The Bertz CT molecular complexity index is 616. The molecule has 1 aliphatic heterocycles. The van der Waals surface area contributed by atoms with Crippen LogP contribution in [0.2, 0.25) is 5.02 Å². The lowest BCUT2D eigenvalue weighted by Crippen LogP contribution is -2.41. The third-order valence-electron chi connectivity index (χ3n) is 4.80. The van der Waals surface area contributed by atoms with Crippen LogP contribution in [0.15, 0.2) is 12.1 Å². The van der Waals surface area contributed by atoms with Gasteiger partial charge in [-0.25, -0.2) is 0 Å². The molecule has 0 unspecified atom stereocenters. The molecule has 0 N–H and O–H groups in total. The summed E-state index contributed by atoms with van der Waals surface area (Å²) in [6.07, 6.45) is 2.25. The number of nitrogens with zero attached hydrogens (tertiary/aromatic N) is 1. The van der Waals surface area contributed by atoms with Crippen LogP contribution in [0.25, 0.3) is 0 Å². The summed E-state index contributed by atoms with van der Waals surface area (Å²) in [5, 5.41) is 10.2. The van der Waals surface area contributed by atoms with Crippen molar-refractivity contribution in [1.82, 2.24) is 0 Å². The van der Waals surface area contributed by atoms with Gasteiger partial charge in [-0.3, -0.25) is 0 Å². The van der Waals surface area contributed by atoms with E-state index in [1.54, 1.807) is 6.07 Å². The van der Waals surface area contributed by atoms with Crippen molar-refractivity contribution in [3.05, 3.63) is 28.3 Å². The van der Waals surface area contributed by atoms with E-state index in [9.17, 15) is 5.26 Å². The summed E-state index contributed by atoms with van der Waals surface area (Å²) in [7, 11) is -0.541. The van der Waals surface area contributed by atoms with Crippen LogP contribution in [0.3, 0.4) is 0 Å². The normalized spacial score (nSPS) is 23.1. The van der Waals surface area contributed by atoms with Crippen LogP contribution in [0.5, 0.6) is 0 Å². The lowest BCUT2D eigenvalue weighted by atomic mass is 9.74. The van der Waals surface area contributed by atoms with Crippen LogP contribution >= 0.6 is 11.6 Å². The second-order valence-corrected chi connectivity index (χ2v) is 7.37. The summed E-state index contributed by atoms with van der Waals surface area (Å²) in [5.74, 6) is 0.458. The highest BCUT2D eigenvalue weighted by Crippen LogP contribution is 2.43. The van der Waals surface area contributed by atoms with Crippen molar-refractivity contribution in [3.8, 4) is 6.07 Å². The van der Waals surface area contributed by atoms with Crippen molar-refractivity contribution in [1.29, 1.82) is 5.26 Å². The van der Waals surface area contributed by atoms with Gasteiger partial charge in [-0.1, -0.05) is 11.6 Å². The van der Waals surface area contributed by atoms with Crippen molar-refractivity contribution in [2.45, 2.75) is 57.7 Å². The van der Waals surface area contributed by atoms with Gasteiger partial charge in [-0.15, -0.1) is 0 Å². The fourth-order valence-corrected chi connectivity index (χ4v) is 2.89. The first-order valence-electron chi connectivity index (χ1n) is 7.34. The van der Waals surface area contributed by atoms with Gasteiger partial charge in [-0.05, 0) is 64.2 Å². The van der Waals surface area contributed by atoms with E-state index < -0.39 is 18.3 Å². The lowest BCUT2D eigenvalue weighted by Gasteiger charge is -2.32. The van der Waals surface area contributed by atoms with Crippen LogP contribution in [-0.4, -0.2) is 18.3 Å². The molecule has 0 atom stereocenters. The summed E-state index contributed by atoms with van der Waals surface area (Å²) >= 11 is 6.25. The number of rotatable bonds is 2. The van der Waals surface area contributed by atoms with Crippen molar-refractivity contribution in [3.63, 3.8) is 0 Å². The number of hydrogen-bond donors (Lipinski definition) is 0. The van der Waals surface area contributed by atoms with Crippen molar-refractivity contribution in [2.75, 3.05) is 0 Å². The van der Waals surface area contributed by atoms with Crippen LogP contribution in [0, 0.1) is 11.3 Å². The standard InChI is InChI=1S/C16H19BClNO2/c1-15(2)16(3,4)21-17(20-15)14-8-11(18)7-12(10-5-6-10)13(14)9-19/h7-8,10H,5-6H2,1-4H3. The van der Waals surface area contributed by atoms with Gasteiger partial charge >= 0.3 is 7.12 Å². The van der Waals surface area contributed by atoms with Gasteiger partial charge in [0.1, 0.15) is 0 Å². The van der Waals surface area contributed by atoms with Crippen LogP contribution in [0.4, 0.5) is 0 Å². The second-order valence-electron chi connectivity index (χ2n) is 6.93. The average molecular weight is 304 g/mol. The smallest absolute Gasteiger partial charge is 0.399 e. The van der Waals surface area contributed by atoms with Crippen molar-refractivity contribution >= 4 is 24.2 Å². The minimum atomic E-state index is -0.541. The molecule has 2 fully saturated rings. The van der Waals surface area contributed by atoms with Crippen LogP contribution in [0.1, 0.15) is 57.6 Å². The number of nitriles is 1. The topological polar surface area (TPSA) is 42.2 Å². The molecule has 3 nitrogen and oxygen atoms in total. The Balaban J connectivity index is 2.06. The highest BCUT2D eigenvalue weighted by Gasteiger charge is 2.52. The highest BCUT2D eigenvalue weighted by atomic mass is 35.5. The van der Waals surface area contributed by atoms with Crippen molar-refractivity contribution < 1.29 is 9.31 Å². The molecule has 1 saturated heterocycles. The Hall–Kier alpha value is -1.02. The van der Waals surface area contributed by atoms with Gasteiger partial charge < -0.3 is 9.31 Å². The molecule has 1 saturated carbocycles. The van der Waals surface area contributed by atoms with E-state index in [0.717, 1.165) is 23.9 Å². The first-order valence-corrected chi connectivity index (χ1v) is 7.72. The maximum atomic E-state index is 9.58. The maximum absolute atomic E-state index is 9.58. The van der Waals surface area contributed by atoms with Gasteiger partial charge in [-0.2, -0.15) is 5.26 Å². The quantitative estimate of drug-likeness (QED) is 0.787. The van der Waals surface area contributed by atoms with E-state index >= 15 is 0 Å². The third kappa shape index (κ3) is 2.48. The zero-order valence-electron chi connectivity index (χ0n) is 12.9. The van der Waals surface area contributed by atoms with E-state index in [2.05, 4.69) is 6.07 Å². The Morgan fingerprint density at radius 3 is 2.24 bits per heavy atom. The molecular formula is C16H19BClNO2. The van der Waals surface area contributed by atoms with E-state index in [1.165, 1.54) is 0 Å². The summed E-state index contributed by atoms with van der Waals surface area (Å²) in [5.41, 5.74) is 1.61. The Morgan fingerprint density at radius 2 is 1.76 bits per heavy atom. The second kappa shape index (κ2) is 4.74. The van der Waals surface area contributed by atoms with E-state index in [0.29, 0.717) is 16.5 Å². The van der Waals surface area contributed by atoms with Gasteiger partial charge in [0.25, 0.3) is 0 Å². The fourth-order valence-electron chi connectivity index (χ4n) is 2.65. The minimum Gasteiger partial charge on any atom is -0.399 e. The Kier molecular flexibility index (Phi) is 3.37. The predicted molar refractivity (Wildman–Crippen MR) is 83.9 cm³/mol. The number of halogens is 1. The van der Waals surface area contributed by atoms with E-state index in [4.69, 9.17) is 20.9 Å². The molecule has 0 amide bonds. The SMILES string of the molecule is CC1(C)OB(c2cc(Cl)cc(C3CC3)c2C#N)OC1(C)C. The van der Waals surface area contributed by atoms with Crippen molar-refractivity contribution in [2.24, 2.45) is 0 Å². The maximum Gasteiger partial charge on any atom is 0.496 e. The first-order chi connectivity index (χ1) is 9.75. The molecule has 0 aromatic heterocycles. The summed E-state index contributed by atoms with van der Waals surface area (Å²) < 4.78 is 12.1. The molecule has 0 spiro atoms. The molecule has 1 aromatic carbocycles. The van der Waals surface area contributed by atoms with E-state index in [-0.39, 0.29) is 0 Å². The molecular weight excluding hydrogens is 284 g/mol. The molecule has 21 heavy (non-hydrogen) atoms. The minimum absolute atomic E-state index is 0.424. The predicted octanol–water partition coefficient (Wildman–Crippen LogP) is 3.39. The Morgan fingerprint density at radius 1 is 1.19 bits per heavy atom. The molecule has 3 rings (SSSR count). The third-order valence-corrected chi connectivity index (χ3v) is 5.02.